The van der Waals surface area contributed by atoms with Crippen LogP contribution in [0.4, 0.5) is 4.39 Å². The lowest BCUT2D eigenvalue weighted by Gasteiger charge is -2.29. The summed E-state index contributed by atoms with van der Waals surface area (Å²) in [4.78, 5) is 27.6. The SMILES string of the molecule is C=CCNC(=O)[C@]1(Cc2ccccc2-c2ccccc2F)CCN(C(=O)C(C)C)C1. The lowest BCUT2D eigenvalue weighted by molar-refractivity contribution is -0.135. The van der Waals surface area contributed by atoms with Crippen molar-refractivity contribution in [2.45, 2.75) is 26.7 Å². The summed E-state index contributed by atoms with van der Waals surface area (Å²) < 4.78 is 14.5. The van der Waals surface area contributed by atoms with Crippen molar-refractivity contribution < 1.29 is 14.0 Å². The van der Waals surface area contributed by atoms with E-state index in [4.69, 9.17) is 0 Å². The highest BCUT2D eigenvalue weighted by Gasteiger charge is 2.46. The summed E-state index contributed by atoms with van der Waals surface area (Å²) in [7, 11) is 0. The van der Waals surface area contributed by atoms with Crippen LogP contribution < -0.4 is 5.32 Å². The fraction of sp³-hybridized carbons (Fsp3) is 0.360. The van der Waals surface area contributed by atoms with Crippen molar-refractivity contribution in [1.82, 2.24) is 10.2 Å². The second kappa shape index (κ2) is 9.24. The molecule has 0 aromatic heterocycles. The fourth-order valence-electron chi connectivity index (χ4n) is 4.17. The summed E-state index contributed by atoms with van der Waals surface area (Å²) in [5.41, 5.74) is 1.44. The summed E-state index contributed by atoms with van der Waals surface area (Å²) >= 11 is 0. The van der Waals surface area contributed by atoms with Gasteiger partial charge >= 0.3 is 0 Å². The maximum atomic E-state index is 14.5. The Morgan fingerprint density at radius 2 is 1.83 bits per heavy atom. The average molecular weight is 409 g/mol. The van der Waals surface area contributed by atoms with Crippen molar-refractivity contribution in [2.24, 2.45) is 11.3 Å². The summed E-state index contributed by atoms with van der Waals surface area (Å²) in [5, 5.41) is 2.93. The van der Waals surface area contributed by atoms with E-state index in [1.807, 2.05) is 38.1 Å². The highest BCUT2D eigenvalue weighted by atomic mass is 19.1. The number of hydrogen-bond acceptors (Lipinski definition) is 2. The van der Waals surface area contributed by atoms with Crippen LogP contribution in [0.2, 0.25) is 0 Å². The van der Waals surface area contributed by atoms with Gasteiger partial charge in [0, 0.05) is 31.1 Å². The summed E-state index contributed by atoms with van der Waals surface area (Å²) in [6.45, 7) is 8.68. The number of carbonyl (C=O) groups is 2. The van der Waals surface area contributed by atoms with Gasteiger partial charge in [0.15, 0.2) is 0 Å². The first-order chi connectivity index (χ1) is 14.4. The third-order valence-corrected chi connectivity index (χ3v) is 5.76. The molecule has 1 aliphatic rings. The molecule has 1 atom stereocenters. The van der Waals surface area contributed by atoms with Crippen molar-refractivity contribution in [2.75, 3.05) is 19.6 Å². The van der Waals surface area contributed by atoms with Gasteiger partial charge in [-0.1, -0.05) is 62.4 Å². The van der Waals surface area contributed by atoms with E-state index < -0.39 is 5.41 Å². The lowest BCUT2D eigenvalue weighted by Crippen LogP contribution is -2.45. The van der Waals surface area contributed by atoms with Crippen LogP contribution in [0.15, 0.2) is 61.2 Å². The Balaban J connectivity index is 1.98. The number of carbonyl (C=O) groups excluding carboxylic acids is 2. The summed E-state index contributed by atoms with van der Waals surface area (Å²) in [6.07, 6.45) is 2.65. The third kappa shape index (κ3) is 4.45. The molecule has 1 saturated heterocycles. The van der Waals surface area contributed by atoms with Gasteiger partial charge in [-0.05, 0) is 30.0 Å². The third-order valence-electron chi connectivity index (χ3n) is 5.76. The summed E-state index contributed by atoms with van der Waals surface area (Å²) in [5.74, 6) is -0.457. The summed E-state index contributed by atoms with van der Waals surface area (Å²) in [6, 6.07) is 14.3. The van der Waals surface area contributed by atoms with Crippen molar-refractivity contribution in [3.63, 3.8) is 0 Å². The number of hydrogen-bond donors (Lipinski definition) is 1. The van der Waals surface area contributed by atoms with Gasteiger partial charge in [-0.2, -0.15) is 0 Å². The Labute approximate surface area is 177 Å². The zero-order valence-electron chi connectivity index (χ0n) is 17.7. The Bertz CT molecular complexity index is 940. The van der Waals surface area contributed by atoms with Crippen LogP contribution in [0, 0.1) is 17.2 Å². The number of nitrogens with one attached hydrogen (secondary N) is 1. The normalized spacial score (nSPS) is 18.5. The number of rotatable bonds is 7. The predicted molar refractivity (Wildman–Crippen MR) is 117 cm³/mol. The van der Waals surface area contributed by atoms with Crippen molar-refractivity contribution in [3.05, 3.63) is 72.6 Å². The molecule has 0 radical (unpaired) electrons. The quantitative estimate of drug-likeness (QED) is 0.698. The molecule has 1 heterocycles. The van der Waals surface area contributed by atoms with Gasteiger partial charge in [0.25, 0.3) is 0 Å². The Kier molecular flexibility index (Phi) is 6.70. The molecule has 2 aromatic rings. The van der Waals surface area contributed by atoms with Crippen molar-refractivity contribution in [3.8, 4) is 11.1 Å². The molecule has 1 N–H and O–H groups in total. The van der Waals surface area contributed by atoms with Crippen molar-refractivity contribution >= 4 is 11.8 Å². The van der Waals surface area contributed by atoms with Gasteiger partial charge in [-0.25, -0.2) is 4.39 Å². The van der Waals surface area contributed by atoms with E-state index in [-0.39, 0.29) is 23.5 Å². The number of likely N-dealkylation sites (tertiary alicyclic amines) is 1. The molecule has 0 saturated carbocycles. The maximum absolute atomic E-state index is 14.5. The number of amides is 2. The molecule has 30 heavy (non-hydrogen) atoms. The first kappa shape index (κ1) is 21.8. The number of benzene rings is 2. The van der Waals surface area contributed by atoms with Crippen molar-refractivity contribution in [1.29, 1.82) is 0 Å². The molecule has 0 bridgehead atoms. The van der Waals surface area contributed by atoms with E-state index in [1.54, 1.807) is 29.2 Å². The molecule has 4 nitrogen and oxygen atoms in total. The molecule has 2 amide bonds. The molecule has 0 aliphatic carbocycles. The van der Waals surface area contributed by atoms with Crippen LogP contribution in [-0.4, -0.2) is 36.3 Å². The first-order valence-electron chi connectivity index (χ1n) is 10.4. The van der Waals surface area contributed by atoms with Crippen LogP contribution in [0.25, 0.3) is 11.1 Å². The zero-order chi connectivity index (χ0) is 21.7. The van der Waals surface area contributed by atoms with E-state index in [2.05, 4.69) is 11.9 Å². The van der Waals surface area contributed by atoms with E-state index in [1.165, 1.54) is 6.07 Å². The smallest absolute Gasteiger partial charge is 0.228 e. The van der Waals surface area contributed by atoms with Gasteiger partial charge < -0.3 is 10.2 Å². The van der Waals surface area contributed by atoms with Gasteiger partial charge in [-0.3, -0.25) is 9.59 Å². The molecule has 2 aromatic carbocycles. The maximum Gasteiger partial charge on any atom is 0.228 e. The fourth-order valence-corrected chi connectivity index (χ4v) is 4.17. The minimum Gasteiger partial charge on any atom is -0.352 e. The molecular formula is C25H29FN2O2. The second-order valence-electron chi connectivity index (χ2n) is 8.26. The monoisotopic (exact) mass is 408 g/mol. The van der Waals surface area contributed by atoms with Gasteiger partial charge in [0.2, 0.25) is 11.8 Å². The zero-order valence-corrected chi connectivity index (χ0v) is 17.7. The van der Waals surface area contributed by atoms with Crippen LogP contribution in [0.3, 0.4) is 0 Å². The van der Waals surface area contributed by atoms with Crippen LogP contribution in [0.1, 0.15) is 25.8 Å². The number of halogens is 1. The second-order valence-corrected chi connectivity index (χ2v) is 8.26. The van der Waals surface area contributed by atoms with Gasteiger partial charge in [-0.15, -0.1) is 6.58 Å². The van der Waals surface area contributed by atoms with E-state index in [0.29, 0.717) is 38.0 Å². The van der Waals surface area contributed by atoms with Crippen LogP contribution in [-0.2, 0) is 16.0 Å². The van der Waals surface area contributed by atoms with Gasteiger partial charge in [0.1, 0.15) is 5.82 Å². The average Bonchev–Trinajstić information content (AvgIpc) is 3.17. The number of nitrogens with zero attached hydrogens (tertiary/aromatic N) is 1. The highest BCUT2D eigenvalue weighted by molar-refractivity contribution is 5.86. The topological polar surface area (TPSA) is 49.4 Å². The van der Waals surface area contributed by atoms with E-state index in [9.17, 15) is 14.0 Å². The first-order valence-corrected chi connectivity index (χ1v) is 10.4. The molecule has 1 aliphatic heterocycles. The highest BCUT2D eigenvalue weighted by Crippen LogP contribution is 2.38. The van der Waals surface area contributed by atoms with Crippen LogP contribution >= 0.6 is 0 Å². The minimum absolute atomic E-state index is 0.0517. The van der Waals surface area contributed by atoms with E-state index in [0.717, 1.165) is 11.1 Å². The Hall–Kier alpha value is -2.95. The molecule has 0 unspecified atom stereocenters. The van der Waals surface area contributed by atoms with E-state index >= 15 is 0 Å². The largest absolute Gasteiger partial charge is 0.352 e. The lowest BCUT2D eigenvalue weighted by atomic mass is 9.78. The minimum atomic E-state index is -0.755. The molecule has 1 fully saturated rings. The Morgan fingerprint density at radius 1 is 1.17 bits per heavy atom. The molecular weight excluding hydrogens is 379 g/mol. The predicted octanol–water partition coefficient (Wildman–Crippen LogP) is 4.21. The molecule has 0 spiro atoms. The van der Waals surface area contributed by atoms with Crippen LogP contribution in [0.5, 0.6) is 0 Å². The van der Waals surface area contributed by atoms with Gasteiger partial charge in [0.05, 0.1) is 5.41 Å². The molecule has 158 valence electrons. The molecule has 5 heteroatoms. The standard InChI is InChI=1S/C25H29FN2O2/c1-4-14-27-24(30)25(13-15-28(17-25)23(29)18(2)3)16-19-9-5-6-10-20(19)21-11-7-8-12-22(21)26/h4-12,18H,1,13-17H2,2-3H3,(H,27,30)/t25-/m0/s1. The Morgan fingerprint density at radius 3 is 2.50 bits per heavy atom. The molecule has 3 rings (SSSR count).